The summed E-state index contributed by atoms with van der Waals surface area (Å²) in [6.45, 7) is 2.25. The van der Waals surface area contributed by atoms with E-state index in [0.717, 1.165) is 11.5 Å². The molecule has 0 bridgehead atoms. The van der Waals surface area contributed by atoms with Gasteiger partial charge in [0.15, 0.2) is 0 Å². The summed E-state index contributed by atoms with van der Waals surface area (Å²) in [4.78, 5) is 0. The summed E-state index contributed by atoms with van der Waals surface area (Å²) in [5.74, 6) is 3.28. The molecule has 0 unspecified atom stereocenters. The number of furan rings is 1. The van der Waals surface area contributed by atoms with Crippen LogP contribution in [0, 0.1) is 12.3 Å². The lowest BCUT2D eigenvalue weighted by molar-refractivity contribution is 0.0394. The summed E-state index contributed by atoms with van der Waals surface area (Å²) in [6.07, 6.45) is 8.65. The predicted octanol–water partition coefficient (Wildman–Crippen LogP) is 2.92. The first-order valence-electron chi connectivity index (χ1n) is 5.08. The van der Waals surface area contributed by atoms with Crippen LogP contribution < -0.4 is 0 Å². The third-order valence-corrected chi connectivity index (χ3v) is 2.35. The van der Waals surface area contributed by atoms with E-state index in [1.54, 1.807) is 6.26 Å². The maximum atomic E-state index is 5.46. The Balaban J connectivity index is 2.23. The van der Waals surface area contributed by atoms with Gasteiger partial charge in [0.1, 0.15) is 18.6 Å². The van der Waals surface area contributed by atoms with E-state index in [2.05, 4.69) is 5.92 Å². The molecule has 0 fully saturated rings. The second-order valence-electron chi connectivity index (χ2n) is 3.39. The van der Waals surface area contributed by atoms with Gasteiger partial charge in [0, 0.05) is 6.20 Å². The monoisotopic (exact) mass is 215 g/mol. The third kappa shape index (κ3) is 2.02. The topological polar surface area (TPSA) is 27.3 Å². The molecular formula is C13H13NO2. The summed E-state index contributed by atoms with van der Waals surface area (Å²) < 4.78 is 12.8. The number of hydrogen-bond acceptors (Lipinski definition) is 2. The lowest BCUT2D eigenvalue weighted by atomic mass is 10.3. The van der Waals surface area contributed by atoms with Gasteiger partial charge >= 0.3 is 0 Å². The van der Waals surface area contributed by atoms with Crippen molar-refractivity contribution in [1.82, 2.24) is 4.57 Å². The minimum Gasteiger partial charge on any atom is -0.463 e. The molecule has 2 rings (SSSR count). The van der Waals surface area contributed by atoms with Crippen molar-refractivity contribution in [3.63, 3.8) is 0 Å². The number of rotatable bonds is 4. The second-order valence-corrected chi connectivity index (χ2v) is 3.39. The average Bonchev–Trinajstić information content (AvgIpc) is 2.94. The zero-order chi connectivity index (χ0) is 11.4. The van der Waals surface area contributed by atoms with Crippen molar-refractivity contribution in [2.45, 2.75) is 13.2 Å². The second kappa shape index (κ2) is 4.73. The van der Waals surface area contributed by atoms with E-state index in [1.165, 1.54) is 0 Å². The molecule has 0 N–H and O–H groups in total. The van der Waals surface area contributed by atoms with Gasteiger partial charge in [-0.15, -0.1) is 6.42 Å². The largest absolute Gasteiger partial charge is 0.463 e. The number of hydrogen-bond donors (Lipinski definition) is 0. The number of nitrogens with zero attached hydrogens (tertiary/aromatic N) is 1. The normalized spacial score (nSPS) is 12.2. The Morgan fingerprint density at radius 1 is 1.50 bits per heavy atom. The van der Waals surface area contributed by atoms with Crippen LogP contribution in [0.4, 0.5) is 0 Å². The maximum absolute atomic E-state index is 5.46. The van der Waals surface area contributed by atoms with E-state index in [0.29, 0.717) is 6.61 Å². The van der Waals surface area contributed by atoms with Crippen molar-refractivity contribution in [3.8, 4) is 23.8 Å². The molecule has 2 aromatic heterocycles. The van der Waals surface area contributed by atoms with E-state index in [1.807, 2.05) is 42.0 Å². The van der Waals surface area contributed by atoms with Crippen LogP contribution in [0.5, 0.6) is 0 Å². The summed E-state index contributed by atoms with van der Waals surface area (Å²) in [7, 11) is 0. The third-order valence-electron chi connectivity index (χ3n) is 2.35. The zero-order valence-corrected chi connectivity index (χ0v) is 9.09. The van der Waals surface area contributed by atoms with Crippen LogP contribution in [-0.4, -0.2) is 11.2 Å². The van der Waals surface area contributed by atoms with Crippen LogP contribution in [0.3, 0.4) is 0 Å². The smallest absolute Gasteiger partial charge is 0.150 e. The molecular weight excluding hydrogens is 202 g/mol. The average molecular weight is 215 g/mol. The summed E-state index contributed by atoms with van der Waals surface area (Å²) in [6, 6.07) is 7.71. The summed E-state index contributed by atoms with van der Waals surface area (Å²) in [5.41, 5.74) is 0.981. The van der Waals surface area contributed by atoms with Gasteiger partial charge in [-0.05, 0) is 31.2 Å². The van der Waals surface area contributed by atoms with Gasteiger partial charge in [0.05, 0.1) is 12.0 Å². The molecule has 16 heavy (non-hydrogen) atoms. The first-order chi connectivity index (χ1) is 7.83. The van der Waals surface area contributed by atoms with Crippen molar-refractivity contribution >= 4 is 0 Å². The van der Waals surface area contributed by atoms with Crippen molar-refractivity contribution in [1.29, 1.82) is 0 Å². The van der Waals surface area contributed by atoms with Gasteiger partial charge in [-0.25, -0.2) is 0 Å². The fourth-order valence-electron chi connectivity index (χ4n) is 1.59. The van der Waals surface area contributed by atoms with E-state index in [9.17, 15) is 0 Å². The Morgan fingerprint density at radius 2 is 2.38 bits per heavy atom. The molecule has 0 spiro atoms. The van der Waals surface area contributed by atoms with Crippen LogP contribution >= 0.6 is 0 Å². The highest BCUT2D eigenvalue weighted by Gasteiger charge is 2.11. The quantitative estimate of drug-likeness (QED) is 0.733. The molecule has 0 amide bonds. The van der Waals surface area contributed by atoms with Crippen LogP contribution in [-0.2, 0) is 4.74 Å². The van der Waals surface area contributed by atoms with Gasteiger partial charge in [0.2, 0.25) is 0 Å². The van der Waals surface area contributed by atoms with Gasteiger partial charge < -0.3 is 13.7 Å². The van der Waals surface area contributed by atoms with Crippen molar-refractivity contribution in [2.75, 3.05) is 6.61 Å². The highest BCUT2D eigenvalue weighted by Crippen LogP contribution is 2.24. The number of aromatic nitrogens is 1. The molecule has 0 saturated carbocycles. The van der Waals surface area contributed by atoms with E-state index >= 15 is 0 Å². The summed E-state index contributed by atoms with van der Waals surface area (Å²) in [5, 5.41) is 0. The standard InChI is InChI=1S/C13H13NO2/c1-3-9-15-11(2)14-8-4-6-12(14)13-7-5-10-16-13/h1,4-8,10-11H,9H2,2H3/t11-/m0/s1. The van der Waals surface area contributed by atoms with Gasteiger partial charge in [-0.1, -0.05) is 5.92 Å². The van der Waals surface area contributed by atoms with Crippen LogP contribution in [0.25, 0.3) is 11.5 Å². The number of ether oxygens (including phenoxy) is 1. The molecule has 1 atom stereocenters. The van der Waals surface area contributed by atoms with Gasteiger partial charge in [-0.2, -0.15) is 0 Å². The Labute approximate surface area is 94.6 Å². The van der Waals surface area contributed by atoms with E-state index in [4.69, 9.17) is 15.6 Å². The highest BCUT2D eigenvalue weighted by molar-refractivity contribution is 5.52. The fourth-order valence-corrected chi connectivity index (χ4v) is 1.59. The molecule has 0 aromatic carbocycles. The Hall–Kier alpha value is -1.92. The van der Waals surface area contributed by atoms with Crippen molar-refractivity contribution in [3.05, 3.63) is 36.7 Å². The zero-order valence-electron chi connectivity index (χ0n) is 9.09. The molecule has 0 radical (unpaired) electrons. The van der Waals surface area contributed by atoms with Crippen molar-refractivity contribution in [2.24, 2.45) is 0 Å². The fraction of sp³-hybridized carbons (Fsp3) is 0.231. The van der Waals surface area contributed by atoms with E-state index < -0.39 is 0 Å². The first kappa shape index (κ1) is 10.6. The molecule has 3 heteroatoms. The Bertz CT molecular complexity index is 476. The molecule has 0 aliphatic heterocycles. The molecule has 0 aliphatic rings. The van der Waals surface area contributed by atoms with Gasteiger partial charge in [0.25, 0.3) is 0 Å². The maximum Gasteiger partial charge on any atom is 0.150 e. The van der Waals surface area contributed by atoms with Gasteiger partial charge in [-0.3, -0.25) is 0 Å². The van der Waals surface area contributed by atoms with Crippen LogP contribution in [0.15, 0.2) is 41.1 Å². The molecule has 0 aliphatic carbocycles. The minimum atomic E-state index is -0.105. The van der Waals surface area contributed by atoms with Crippen LogP contribution in [0.2, 0.25) is 0 Å². The van der Waals surface area contributed by atoms with E-state index in [-0.39, 0.29) is 6.23 Å². The lowest BCUT2D eigenvalue weighted by Crippen LogP contribution is -2.09. The van der Waals surface area contributed by atoms with Crippen LogP contribution in [0.1, 0.15) is 13.2 Å². The predicted molar refractivity (Wildman–Crippen MR) is 61.6 cm³/mol. The molecule has 3 nitrogen and oxygen atoms in total. The Kier molecular flexibility index (Phi) is 3.13. The van der Waals surface area contributed by atoms with Crippen molar-refractivity contribution < 1.29 is 9.15 Å². The SMILES string of the molecule is C#CCO[C@@H](C)n1cccc1-c1ccco1. The number of terminal acetylenes is 1. The first-order valence-corrected chi connectivity index (χ1v) is 5.08. The molecule has 2 heterocycles. The molecule has 0 saturated heterocycles. The molecule has 82 valence electrons. The lowest BCUT2D eigenvalue weighted by Gasteiger charge is -2.15. The Morgan fingerprint density at radius 3 is 3.06 bits per heavy atom. The molecule has 2 aromatic rings. The highest BCUT2D eigenvalue weighted by atomic mass is 16.5. The minimum absolute atomic E-state index is 0.105. The summed E-state index contributed by atoms with van der Waals surface area (Å²) >= 11 is 0.